The van der Waals surface area contributed by atoms with Crippen LogP contribution in [0.3, 0.4) is 0 Å². The maximum atomic E-state index is 10.8. The number of benzene rings is 2. The number of thiazole rings is 1. The monoisotopic (exact) mass is 333 g/mol. The predicted octanol–water partition coefficient (Wildman–Crippen LogP) is 4.60. The predicted molar refractivity (Wildman–Crippen MR) is 97.4 cm³/mol. The lowest BCUT2D eigenvalue weighted by Gasteiger charge is -2.21. The number of nitrogens with one attached hydrogen (secondary N) is 1. The van der Waals surface area contributed by atoms with Crippen molar-refractivity contribution in [2.24, 2.45) is 0 Å². The zero-order valence-corrected chi connectivity index (χ0v) is 13.6. The van der Waals surface area contributed by atoms with Gasteiger partial charge in [0.25, 0.3) is 0 Å². The fourth-order valence-corrected chi connectivity index (χ4v) is 3.34. The Morgan fingerprint density at radius 2 is 1.79 bits per heavy atom. The van der Waals surface area contributed by atoms with Crippen LogP contribution >= 0.6 is 11.3 Å². The highest BCUT2D eigenvalue weighted by molar-refractivity contribution is 7.13. The van der Waals surface area contributed by atoms with E-state index in [2.05, 4.69) is 15.3 Å². The molecule has 4 rings (SSSR count). The number of nitrogens with zero attached hydrogens (tertiary/aromatic N) is 2. The molecule has 2 N–H and O–H groups in total. The third-order valence-electron chi connectivity index (χ3n) is 3.92. The topological polar surface area (TPSA) is 58.0 Å². The highest BCUT2D eigenvalue weighted by Crippen LogP contribution is 2.36. The second-order valence-electron chi connectivity index (χ2n) is 5.40. The second-order valence-corrected chi connectivity index (χ2v) is 6.30. The molecule has 118 valence electrons. The van der Waals surface area contributed by atoms with Crippen LogP contribution in [-0.2, 0) is 0 Å². The number of aromatic hydroxyl groups is 1. The zero-order valence-electron chi connectivity index (χ0n) is 12.8. The fraction of sp³-hybridized carbons (Fsp3) is 0.0526. The molecule has 0 saturated carbocycles. The van der Waals surface area contributed by atoms with Crippen molar-refractivity contribution in [3.05, 3.63) is 83.5 Å². The molecule has 2 aromatic heterocycles. The Bertz CT molecular complexity index is 955. The Balaban J connectivity index is 1.85. The third-order valence-corrected chi connectivity index (χ3v) is 4.63. The molecule has 0 aliphatic heterocycles. The Morgan fingerprint density at radius 3 is 2.58 bits per heavy atom. The normalized spacial score (nSPS) is 12.2. The summed E-state index contributed by atoms with van der Waals surface area (Å²) in [5.41, 5.74) is 2.44. The van der Waals surface area contributed by atoms with Crippen molar-refractivity contribution >= 4 is 27.4 Å². The lowest BCUT2D eigenvalue weighted by molar-refractivity contribution is 0.472. The van der Waals surface area contributed by atoms with E-state index >= 15 is 0 Å². The van der Waals surface area contributed by atoms with Gasteiger partial charge < -0.3 is 10.4 Å². The summed E-state index contributed by atoms with van der Waals surface area (Å²) in [6.07, 6.45) is 3.45. The lowest BCUT2D eigenvalue weighted by Crippen LogP contribution is -2.12. The first kappa shape index (κ1) is 14.7. The zero-order chi connectivity index (χ0) is 16.4. The van der Waals surface area contributed by atoms with Gasteiger partial charge in [0.05, 0.1) is 6.04 Å². The van der Waals surface area contributed by atoms with E-state index < -0.39 is 0 Å². The van der Waals surface area contributed by atoms with Crippen LogP contribution in [-0.4, -0.2) is 15.1 Å². The quantitative estimate of drug-likeness (QED) is 0.573. The molecule has 0 unspecified atom stereocenters. The molecule has 24 heavy (non-hydrogen) atoms. The van der Waals surface area contributed by atoms with Gasteiger partial charge in [0, 0.05) is 28.7 Å². The highest BCUT2D eigenvalue weighted by atomic mass is 32.1. The van der Waals surface area contributed by atoms with E-state index in [1.165, 1.54) is 11.3 Å². The van der Waals surface area contributed by atoms with E-state index in [1.54, 1.807) is 12.4 Å². The molecule has 5 heteroatoms. The molecule has 0 saturated heterocycles. The average Bonchev–Trinajstić information content (AvgIpc) is 3.15. The molecule has 0 radical (unpaired) electrons. The molecular weight excluding hydrogens is 318 g/mol. The van der Waals surface area contributed by atoms with Crippen molar-refractivity contribution in [2.45, 2.75) is 6.04 Å². The summed E-state index contributed by atoms with van der Waals surface area (Å²) < 4.78 is 0. The van der Waals surface area contributed by atoms with Crippen LogP contribution in [0, 0.1) is 0 Å². The molecule has 4 aromatic rings. The van der Waals surface area contributed by atoms with Crippen LogP contribution in [0.5, 0.6) is 5.75 Å². The van der Waals surface area contributed by atoms with Crippen LogP contribution in [0.15, 0.2) is 72.4 Å². The average molecular weight is 333 g/mol. The maximum Gasteiger partial charge on any atom is 0.183 e. The van der Waals surface area contributed by atoms with Gasteiger partial charge in [-0.3, -0.25) is 4.98 Å². The van der Waals surface area contributed by atoms with E-state index in [0.717, 1.165) is 21.6 Å². The van der Waals surface area contributed by atoms with Crippen LogP contribution < -0.4 is 5.32 Å². The summed E-state index contributed by atoms with van der Waals surface area (Å²) in [5, 5.41) is 17.9. The molecule has 0 amide bonds. The summed E-state index contributed by atoms with van der Waals surface area (Å²) in [4.78, 5) is 8.63. The van der Waals surface area contributed by atoms with E-state index in [9.17, 15) is 5.11 Å². The second kappa shape index (κ2) is 6.29. The maximum absolute atomic E-state index is 10.8. The summed E-state index contributed by atoms with van der Waals surface area (Å²) in [5.74, 6) is 0.200. The Kier molecular flexibility index (Phi) is 3.84. The number of phenols is 1. The number of pyridine rings is 1. The van der Waals surface area contributed by atoms with E-state index in [4.69, 9.17) is 0 Å². The number of phenolic OH excluding ortho intramolecular Hbond substituents is 1. The van der Waals surface area contributed by atoms with Crippen LogP contribution in [0.4, 0.5) is 5.13 Å². The van der Waals surface area contributed by atoms with Crippen LogP contribution in [0.2, 0.25) is 0 Å². The molecular formula is C19H15N3OS. The number of hydrogen-bond donors (Lipinski definition) is 2. The number of hydrogen-bond acceptors (Lipinski definition) is 5. The van der Waals surface area contributed by atoms with Gasteiger partial charge >= 0.3 is 0 Å². The fourth-order valence-electron chi connectivity index (χ4n) is 2.78. The minimum Gasteiger partial charge on any atom is -0.505 e. The molecule has 0 spiro atoms. The molecule has 2 aromatic carbocycles. The Morgan fingerprint density at radius 1 is 0.917 bits per heavy atom. The lowest BCUT2D eigenvalue weighted by atomic mass is 9.96. The SMILES string of the molecule is Oc1c([C@@H](Nc2nccs2)c2ccccc2)ccc2cccnc12. The van der Waals surface area contributed by atoms with Crippen molar-refractivity contribution in [1.29, 1.82) is 0 Å². The van der Waals surface area contributed by atoms with Gasteiger partial charge in [0.2, 0.25) is 0 Å². The molecule has 2 heterocycles. The summed E-state index contributed by atoms with van der Waals surface area (Å²) >= 11 is 1.53. The van der Waals surface area contributed by atoms with Crippen LogP contribution in [0.25, 0.3) is 10.9 Å². The van der Waals surface area contributed by atoms with Gasteiger partial charge in [0.1, 0.15) is 11.3 Å². The van der Waals surface area contributed by atoms with E-state index in [0.29, 0.717) is 5.52 Å². The van der Waals surface area contributed by atoms with E-state index in [1.807, 2.05) is 60.0 Å². The standard InChI is InChI=1S/C19H15N3OS/c23-18-15(9-8-14-7-4-10-20-17(14)18)16(13-5-2-1-3-6-13)22-19-21-11-12-24-19/h1-12,16,23H,(H,21,22)/t16-/m0/s1. The number of aromatic nitrogens is 2. The van der Waals surface area contributed by atoms with Crippen molar-refractivity contribution in [3.8, 4) is 5.75 Å². The molecule has 0 fully saturated rings. The van der Waals surface area contributed by atoms with Gasteiger partial charge in [-0.1, -0.05) is 48.5 Å². The molecule has 0 aliphatic rings. The summed E-state index contributed by atoms with van der Waals surface area (Å²) in [7, 11) is 0. The van der Waals surface area contributed by atoms with Crippen molar-refractivity contribution in [1.82, 2.24) is 9.97 Å². The molecule has 1 atom stereocenters. The number of anilines is 1. The van der Waals surface area contributed by atoms with Gasteiger partial charge in [0.15, 0.2) is 5.13 Å². The van der Waals surface area contributed by atoms with Crippen molar-refractivity contribution in [2.75, 3.05) is 5.32 Å². The van der Waals surface area contributed by atoms with Crippen LogP contribution in [0.1, 0.15) is 17.2 Å². The third kappa shape index (κ3) is 2.70. The smallest absolute Gasteiger partial charge is 0.183 e. The molecule has 0 aliphatic carbocycles. The first-order valence-corrected chi connectivity index (χ1v) is 8.48. The minimum atomic E-state index is -0.205. The van der Waals surface area contributed by atoms with Gasteiger partial charge in [-0.2, -0.15) is 0 Å². The van der Waals surface area contributed by atoms with Gasteiger partial charge in [-0.05, 0) is 11.6 Å². The van der Waals surface area contributed by atoms with Crippen molar-refractivity contribution in [3.63, 3.8) is 0 Å². The first-order valence-electron chi connectivity index (χ1n) is 7.60. The largest absolute Gasteiger partial charge is 0.505 e. The highest BCUT2D eigenvalue weighted by Gasteiger charge is 2.20. The first-order chi connectivity index (χ1) is 11.8. The molecule has 0 bridgehead atoms. The number of fused-ring (bicyclic) bond motifs is 1. The Labute approximate surface area is 143 Å². The number of rotatable bonds is 4. The van der Waals surface area contributed by atoms with Gasteiger partial charge in [-0.15, -0.1) is 11.3 Å². The van der Waals surface area contributed by atoms with E-state index in [-0.39, 0.29) is 11.8 Å². The van der Waals surface area contributed by atoms with Crippen molar-refractivity contribution < 1.29 is 5.11 Å². The minimum absolute atomic E-state index is 0.200. The summed E-state index contributed by atoms with van der Waals surface area (Å²) in [6.45, 7) is 0. The molecule has 4 nitrogen and oxygen atoms in total. The van der Waals surface area contributed by atoms with Gasteiger partial charge in [-0.25, -0.2) is 4.98 Å². The Hall–Kier alpha value is -2.92. The summed E-state index contributed by atoms with van der Waals surface area (Å²) in [6, 6.07) is 17.6.